The van der Waals surface area contributed by atoms with Gasteiger partial charge in [-0.05, 0) is 42.7 Å². The summed E-state index contributed by atoms with van der Waals surface area (Å²) in [6.45, 7) is 2.54. The number of amides is 2. The van der Waals surface area contributed by atoms with E-state index in [0.717, 1.165) is 24.9 Å². The minimum atomic E-state index is -0.413. The van der Waals surface area contributed by atoms with Crippen LogP contribution in [0.2, 0.25) is 0 Å². The number of carbonyl (C=O) groups excluding carboxylic acids is 2. The number of nitrogens with zero attached hydrogens (tertiary/aromatic N) is 2. The Hall–Kier alpha value is -2.89. The fraction of sp³-hybridized carbons (Fsp3) is 0.381. The summed E-state index contributed by atoms with van der Waals surface area (Å²) in [7, 11) is 1.53. The van der Waals surface area contributed by atoms with Gasteiger partial charge in [-0.15, -0.1) is 0 Å². The molecule has 1 atom stereocenters. The Morgan fingerprint density at radius 3 is 2.78 bits per heavy atom. The Morgan fingerprint density at radius 2 is 2.07 bits per heavy atom. The van der Waals surface area contributed by atoms with Crippen molar-refractivity contribution in [2.24, 2.45) is 5.92 Å². The lowest BCUT2D eigenvalue weighted by Gasteiger charge is -2.17. The molecule has 2 heterocycles. The van der Waals surface area contributed by atoms with Crippen molar-refractivity contribution in [3.63, 3.8) is 0 Å². The number of pyridine rings is 1. The summed E-state index contributed by atoms with van der Waals surface area (Å²) in [4.78, 5) is 30.8. The quantitative estimate of drug-likeness (QED) is 0.814. The van der Waals surface area contributed by atoms with Crippen LogP contribution in [0.3, 0.4) is 0 Å². The fourth-order valence-corrected chi connectivity index (χ4v) is 3.22. The first kappa shape index (κ1) is 18.9. The van der Waals surface area contributed by atoms with Gasteiger partial charge in [-0.1, -0.05) is 25.5 Å². The Bertz CT molecular complexity index is 805. The predicted octanol–water partition coefficient (Wildman–Crippen LogP) is 3.42. The zero-order valence-electron chi connectivity index (χ0n) is 15.8. The largest absolute Gasteiger partial charge is 0.493 e. The molecule has 0 aliphatic carbocycles. The summed E-state index contributed by atoms with van der Waals surface area (Å²) >= 11 is 0. The molecule has 0 saturated carbocycles. The van der Waals surface area contributed by atoms with Crippen LogP contribution in [0.1, 0.15) is 31.7 Å². The van der Waals surface area contributed by atoms with E-state index in [-0.39, 0.29) is 18.2 Å². The normalized spacial score (nSPS) is 16.4. The number of unbranched alkanes of at least 4 members (excludes halogenated alkanes) is 1. The second kappa shape index (κ2) is 8.66. The van der Waals surface area contributed by atoms with Crippen LogP contribution in [0.15, 0.2) is 42.6 Å². The topological polar surface area (TPSA) is 71.5 Å². The van der Waals surface area contributed by atoms with Crippen molar-refractivity contribution in [1.82, 2.24) is 4.98 Å². The Kier molecular flexibility index (Phi) is 6.06. The van der Waals surface area contributed by atoms with Crippen molar-refractivity contribution < 1.29 is 14.3 Å². The lowest BCUT2D eigenvalue weighted by molar-refractivity contribution is -0.122. The van der Waals surface area contributed by atoms with Gasteiger partial charge in [-0.2, -0.15) is 0 Å². The first-order valence-corrected chi connectivity index (χ1v) is 9.31. The first-order valence-electron chi connectivity index (χ1n) is 9.31. The highest BCUT2D eigenvalue weighted by Gasteiger charge is 2.35. The Balaban J connectivity index is 1.65. The highest BCUT2D eigenvalue weighted by Crippen LogP contribution is 2.28. The number of hydrogen-bond donors (Lipinski definition) is 1. The molecule has 0 bridgehead atoms. The number of aryl methyl sites for hydroxylation is 1. The number of anilines is 2. The van der Waals surface area contributed by atoms with Crippen LogP contribution in [0.4, 0.5) is 11.5 Å². The summed E-state index contributed by atoms with van der Waals surface area (Å²) in [5, 5.41) is 2.77. The summed E-state index contributed by atoms with van der Waals surface area (Å²) in [5.74, 6) is 0.196. The molecule has 1 saturated heterocycles. The van der Waals surface area contributed by atoms with Crippen LogP contribution < -0.4 is 15.0 Å². The number of rotatable bonds is 7. The van der Waals surface area contributed by atoms with E-state index in [1.165, 1.54) is 12.7 Å². The number of carbonyl (C=O) groups is 2. The van der Waals surface area contributed by atoms with Crippen LogP contribution >= 0.6 is 0 Å². The fourth-order valence-electron chi connectivity index (χ4n) is 3.22. The van der Waals surface area contributed by atoms with Crippen LogP contribution in [-0.2, 0) is 16.0 Å². The number of aromatic nitrogens is 1. The predicted molar refractivity (Wildman–Crippen MR) is 105 cm³/mol. The third-order valence-corrected chi connectivity index (χ3v) is 4.80. The van der Waals surface area contributed by atoms with Crippen LogP contribution in [0.25, 0.3) is 0 Å². The average Bonchev–Trinajstić information content (AvgIpc) is 3.09. The highest BCUT2D eigenvalue weighted by molar-refractivity contribution is 6.03. The van der Waals surface area contributed by atoms with Gasteiger partial charge in [0.1, 0.15) is 0 Å². The van der Waals surface area contributed by atoms with Gasteiger partial charge in [0.25, 0.3) is 0 Å². The van der Waals surface area contributed by atoms with E-state index >= 15 is 0 Å². The molecule has 2 aromatic rings. The standard InChI is InChI=1S/C21H25N3O3/c1-3-4-6-15-8-10-17(11-9-15)24-14-16(13-19(24)25)21(26)23-20-18(27-2)7-5-12-22-20/h5,7-12,16H,3-4,6,13-14H2,1-2H3,(H,22,23,26). The SMILES string of the molecule is CCCCc1ccc(N2CC(C(=O)Nc3ncccc3OC)CC2=O)cc1. The molecule has 142 valence electrons. The molecule has 1 unspecified atom stereocenters. The molecule has 6 nitrogen and oxygen atoms in total. The van der Waals surface area contributed by atoms with Crippen LogP contribution in [0, 0.1) is 5.92 Å². The van der Waals surface area contributed by atoms with E-state index in [1.54, 1.807) is 23.2 Å². The number of methoxy groups -OCH3 is 1. The van der Waals surface area contributed by atoms with Gasteiger partial charge in [-0.3, -0.25) is 9.59 Å². The highest BCUT2D eigenvalue weighted by atomic mass is 16.5. The molecule has 6 heteroatoms. The average molecular weight is 367 g/mol. The molecule has 1 aromatic carbocycles. The van der Waals surface area contributed by atoms with E-state index in [4.69, 9.17) is 4.74 Å². The molecule has 1 aromatic heterocycles. The Morgan fingerprint density at radius 1 is 1.30 bits per heavy atom. The van der Waals surface area contributed by atoms with Gasteiger partial charge in [-0.25, -0.2) is 4.98 Å². The third kappa shape index (κ3) is 4.45. The molecule has 1 fully saturated rings. The van der Waals surface area contributed by atoms with Gasteiger partial charge in [0.15, 0.2) is 11.6 Å². The van der Waals surface area contributed by atoms with Crippen molar-refractivity contribution in [3.05, 3.63) is 48.2 Å². The maximum Gasteiger partial charge on any atom is 0.231 e. The van der Waals surface area contributed by atoms with Crippen molar-refractivity contribution in [3.8, 4) is 5.75 Å². The second-order valence-corrected chi connectivity index (χ2v) is 6.72. The van der Waals surface area contributed by atoms with Gasteiger partial charge >= 0.3 is 0 Å². The molecule has 1 aliphatic heterocycles. The summed E-state index contributed by atoms with van der Waals surface area (Å²) in [5.41, 5.74) is 2.11. The van der Waals surface area contributed by atoms with Gasteiger partial charge in [0, 0.05) is 24.8 Å². The van der Waals surface area contributed by atoms with Gasteiger partial charge in [0.05, 0.1) is 13.0 Å². The molecule has 1 aliphatic rings. The molecular formula is C21H25N3O3. The van der Waals surface area contributed by atoms with E-state index in [1.807, 2.05) is 12.1 Å². The number of benzene rings is 1. The maximum absolute atomic E-state index is 12.6. The van der Waals surface area contributed by atoms with Crippen molar-refractivity contribution >= 4 is 23.3 Å². The lowest BCUT2D eigenvalue weighted by Crippen LogP contribution is -2.28. The zero-order valence-corrected chi connectivity index (χ0v) is 15.8. The summed E-state index contributed by atoms with van der Waals surface area (Å²) < 4.78 is 5.20. The monoisotopic (exact) mass is 367 g/mol. The third-order valence-electron chi connectivity index (χ3n) is 4.80. The molecule has 0 spiro atoms. The molecule has 3 rings (SSSR count). The maximum atomic E-state index is 12.6. The second-order valence-electron chi connectivity index (χ2n) is 6.72. The van der Waals surface area contributed by atoms with E-state index in [9.17, 15) is 9.59 Å². The van der Waals surface area contributed by atoms with Gasteiger partial charge < -0.3 is 15.0 Å². The van der Waals surface area contributed by atoms with E-state index < -0.39 is 5.92 Å². The van der Waals surface area contributed by atoms with Crippen molar-refractivity contribution in [2.45, 2.75) is 32.6 Å². The molecule has 0 radical (unpaired) electrons. The zero-order chi connectivity index (χ0) is 19.2. The lowest BCUT2D eigenvalue weighted by atomic mass is 10.1. The molecular weight excluding hydrogens is 342 g/mol. The van der Waals surface area contributed by atoms with E-state index in [2.05, 4.69) is 29.4 Å². The van der Waals surface area contributed by atoms with E-state index in [0.29, 0.717) is 18.1 Å². The van der Waals surface area contributed by atoms with Crippen LogP contribution in [-0.4, -0.2) is 30.5 Å². The summed E-state index contributed by atoms with van der Waals surface area (Å²) in [6, 6.07) is 11.5. The van der Waals surface area contributed by atoms with Gasteiger partial charge in [0.2, 0.25) is 11.8 Å². The first-order chi connectivity index (χ1) is 13.1. The number of nitrogens with one attached hydrogen (secondary N) is 1. The minimum absolute atomic E-state index is 0.0376. The van der Waals surface area contributed by atoms with Crippen molar-refractivity contribution in [1.29, 1.82) is 0 Å². The molecule has 2 amide bonds. The smallest absolute Gasteiger partial charge is 0.231 e. The molecule has 27 heavy (non-hydrogen) atoms. The number of hydrogen-bond acceptors (Lipinski definition) is 4. The number of ether oxygens (including phenoxy) is 1. The molecule has 1 N–H and O–H groups in total. The van der Waals surface area contributed by atoms with Crippen molar-refractivity contribution in [2.75, 3.05) is 23.9 Å². The Labute approximate surface area is 159 Å². The minimum Gasteiger partial charge on any atom is -0.493 e. The summed E-state index contributed by atoms with van der Waals surface area (Å²) in [6.07, 6.45) is 5.13. The van der Waals surface area contributed by atoms with Crippen LogP contribution in [0.5, 0.6) is 5.75 Å².